The molecule has 1 aromatic heterocycles. The summed E-state index contributed by atoms with van der Waals surface area (Å²) >= 11 is 0. The van der Waals surface area contributed by atoms with Crippen LogP contribution in [0.4, 0.5) is 4.39 Å². The lowest BCUT2D eigenvalue weighted by Gasteiger charge is -2.04. The molecule has 0 saturated carbocycles. The Morgan fingerprint density at radius 3 is 2.56 bits per heavy atom. The van der Waals surface area contributed by atoms with Gasteiger partial charge in [0.2, 0.25) is 0 Å². The molecule has 0 aliphatic heterocycles. The van der Waals surface area contributed by atoms with E-state index in [9.17, 15) is 9.18 Å². The van der Waals surface area contributed by atoms with Crippen molar-refractivity contribution in [2.45, 2.75) is 20.4 Å². The number of aromatic nitrogens is 1. The lowest BCUT2D eigenvalue weighted by atomic mass is 10.1. The monoisotopic (exact) mass is 248 g/mol. The van der Waals surface area contributed by atoms with Crippen LogP contribution < -0.4 is 5.32 Å². The smallest absolute Gasteiger partial charge is 0.257 e. The fourth-order valence-corrected chi connectivity index (χ4v) is 1.68. The zero-order chi connectivity index (χ0) is 13.1. The molecule has 0 aliphatic carbocycles. The van der Waals surface area contributed by atoms with E-state index in [4.69, 9.17) is 4.52 Å². The molecule has 2 aromatic rings. The number of nitrogens with one attached hydrogen (secondary N) is 1. The van der Waals surface area contributed by atoms with Gasteiger partial charge >= 0.3 is 0 Å². The highest BCUT2D eigenvalue weighted by molar-refractivity contribution is 5.95. The van der Waals surface area contributed by atoms with Gasteiger partial charge in [-0.3, -0.25) is 4.79 Å². The Labute approximate surface area is 104 Å². The van der Waals surface area contributed by atoms with Crippen LogP contribution >= 0.6 is 0 Å². The normalized spacial score (nSPS) is 10.4. The fraction of sp³-hybridized carbons (Fsp3) is 0.231. The molecule has 1 aromatic carbocycles. The zero-order valence-corrected chi connectivity index (χ0v) is 10.2. The zero-order valence-electron chi connectivity index (χ0n) is 10.2. The molecule has 1 heterocycles. The second-order valence-corrected chi connectivity index (χ2v) is 4.01. The molecule has 94 valence electrons. The van der Waals surface area contributed by atoms with Gasteiger partial charge in [0.05, 0.1) is 5.69 Å². The number of hydrogen-bond acceptors (Lipinski definition) is 3. The van der Waals surface area contributed by atoms with Crippen molar-refractivity contribution in [1.82, 2.24) is 10.5 Å². The molecule has 18 heavy (non-hydrogen) atoms. The van der Waals surface area contributed by atoms with E-state index in [0.717, 1.165) is 5.56 Å². The number of hydrogen-bond donors (Lipinski definition) is 1. The summed E-state index contributed by atoms with van der Waals surface area (Å²) in [6.07, 6.45) is 0. The fourth-order valence-electron chi connectivity index (χ4n) is 1.68. The van der Waals surface area contributed by atoms with Crippen molar-refractivity contribution in [1.29, 1.82) is 0 Å². The van der Waals surface area contributed by atoms with Crippen LogP contribution in [-0.2, 0) is 6.54 Å². The maximum absolute atomic E-state index is 12.7. The topological polar surface area (TPSA) is 55.1 Å². The van der Waals surface area contributed by atoms with Gasteiger partial charge in [-0.15, -0.1) is 0 Å². The first-order valence-corrected chi connectivity index (χ1v) is 5.53. The molecule has 0 aliphatic rings. The van der Waals surface area contributed by atoms with E-state index < -0.39 is 0 Å². The summed E-state index contributed by atoms with van der Waals surface area (Å²) in [4.78, 5) is 11.9. The van der Waals surface area contributed by atoms with Gasteiger partial charge in [-0.25, -0.2) is 4.39 Å². The third-order valence-electron chi connectivity index (χ3n) is 2.63. The second kappa shape index (κ2) is 5.00. The highest BCUT2D eigenvalue weighted by Crippen LogP contribution is 2.12. The van der Waals surface area contributed by atoms with E-state index in [1.54, 1.807) is 26.0 Å². The van der Waals surface area contributed by atoms with E-state index in [2.05, 4.69) is 10.5 Å². The van der Waals surface area contributed by atoms with Crippen molar-refractivity contribution in [3.05, 3.63) is 52.7 Å². The third-order valence-corrected chi connectivity index (χ3v) is 2.63. The van der Waals surface area contributed by atoms with E-state index in [1.807, 2.05) is 0 Å². The number of aryl methyl sites for hydroxylation is 2. The van der Waals surface area contributed by atoms with Crippen LogP contribution in [0.3, 0.4) is 0 Å². The lowest BCUT2D eigenvalue weighted by Crippen LogP contribution is -2.23. The third kappa shape index (κ3) is 2.56. The van der Waals surface area contributed by atoms with Crippen LogP contribution in [-0.4, -0.2) is 11.1 Å². The molecule has 0 radical (unpaired) electrons. The summed E-state index contributed by atoms with van der Waals surface area (Å²) in [5.74, 6) is -0.0459. The van der Waals surface area contributed by atoms with Crippen LogP contribution in [0.5, 0.6) is 0 Å². The minimum atomic E-state index is -0.296. The molecule has 0 atom stereocenters. The number of nitrogens with zero attached hydrogens (tertiary/aromatic N) is 1. The molecular formula is C13H13FN2O2. The molecule has 4 nitrogen and oxygen atoms in total. The minimum Gasteiger partial charge on any atom is -0.361 e. The first-order chi connectivity index (χ1) is 8.58. The van der Waals surface area contributed by atoms with Crippen molar-refractivity contribution in [3.63, 3.8) is 0 Å². The standard InChI is InChI=1S/C13H13FN2O2/c1-8-12(9(2)18-16-8)13(17)15-7-10-3-5-11(14)6-4-10/h3-6H,7H2,1-2H3,(H,15,17). The number of halogens is 1. The summed E-state index contributed by atoms with van der Waals surface area (Å²) in [5, 5.41) is 6.46. The number of carbonyl (C=O) groups excluding carboxylic acids is 1. The molecule has 1 N–H and O–H groups in total. The van der Waals surface area contributed by atoms with Gasteiger partial charge in [0.25, 0.3) is 5.91 Å². The average molecular weight is 248 g/mol. The molecule has 0 saturated heterocycles. The maximum Gasteiger partial charge on any atom is 0.257 e. The average Bonchev–Trinajstić information content (AvgIpc) is 2.68. The van der Waals surface area contributed by atoms with Gasteiger partial charge in [0.15, 0.2) is 0 Å². The Kier molecular flexibility index (Phi) is 3.41. The highest BCUT2D eigenvalue weighted by atomic mass is 19.1. The molecule has 0 unspecified atom stereocenters. The van der Waals surface area contributed by atoms with Crippen molar-refractivity contribution in [3.8, 4) is 0 Å². The second-order valence-electron chi connectivity index (χ2n) is 4.01. The largest absolute Gasteiger partial charge is 0.361 e. The Hall–Kier alpha value is -2.17. The molecule has 1 amide bonds. The molecule has 0 spiro atoms. The molecule has 0 fully saturated rings. The van der Waals surface area contributed by atoms with Crippen LogP contribution in [0.25, 0.3) is 0 Å². The predicted octanol–water partition coefficient (Wildman–Crippen LogP) is 2.36. The molecule has 2 rings (SSSR count). The summed E-state index contributed by atoms with van der Waals surface area (Å²) in [7, 11) is 0. The van der Waals surface area contributed by atoms with Gasteiger partial charge < -0.3 is 9.84 Å². The van der Waals surface area contributed by atoms with Gasteiger partial charge in [0, 0.05) is 6.54 Å². The Morgan fingerprint density at radius 2 is 2.00 bits per heavy atom. The van der Waals surface area contributed by atoms with Crippen LogP contribution in [0.1, 0.15) is 27.4 Å². The quantitative estimate of drug-likeness (QED) is 0.907. The van der Waals surface area contributed by atoms with Gasteiger partial charge in [-0.2, -0.15) is 0 Å². The van der Waals surface area contributed by atoms with Gasteiger partial charge in [-0.05, 0) is 31.5 Å². The Bertz CT molecular complexity index is 541. The number of rotatable bonds is 3. The Balaban J connectivity index is 2.03. The van der Waals surface area contributed by atoms with Crippen LogP contribution in [0, 0.1) is 19.7 Å². The SMILES string of the molecule is Cc1noc(C)c1C(=O)NCc1ccc(F)cc1. The maximum atomic E-state index is 12.7. The van der Waals surface area contributed by atoms with E-state index in [-0.39, 0.29) is 11.7 Å². The molecular weight excluding hydrogens is 235 g/mol. The van der Waals surface area contributed by atoms with Crippen molar-refractivity contribution in [2.24, 2.45) is 0 Å². The Morgan fingerprint density at radius 1 is 1.33 bits per heavy atom. The van der Waals surface area contributed by atoms with E-state index >= 15 is 0 Å². The molecule has 5 heteroatoms. The summed E-state index contributed by atoms with van der Waals surface area (Å²) in [6, 6.07) is 5.97. The van der Waals surface area contributed by atoms with Crippen molar-refractivity contribution >= 4 is 5.91 Å². The van der Waals surface area contributed by atoms with Gasteiger partial charge in [-0.1, -0.05) is 17.3 Å². The number of carbonyl (C=O) groups is 1. The first kappa shape index (κ1) is 12.3. The first-order valence-electron chi connectivity index (χ1n) is 5.53. The van der Waals surface area contributed by atoms with Crippen LogP contribution in [0.2, 0.25) is 0 Å². The predicted molar refractivity (Wildman–Crippen MR) is 63.5 cm³/mol. The van der Waals surface area contributed by atoms with E-state index in [0.29, 0.717) is 23.6 Å². The summed E-state index contributed by atoms with van der Waals surface area (Å²) in [5.41, 5.74) is 1.85. The van der Waals surface area contributed by atoms with E-state index in [1.165, 1.54) is 12.1 Å². The highest BCUT2D eigenvalue weighted by Gasteiger charge is 2.16. The number of benzene rings is 1. The lowest BCUT2D eigenvalue weighted by molar-refractivity contribution is 0.0949. The van der Waals surface area contributed by atoms with Gasteiger partial charge in [0.1, 0.15) is 17.1 Å². The van der Waals surface area contributed by atoms with Crippen LogP contribution in [0.15, 0.2) is 28.8 Å². The van der Waals surface area contributed by atoms with Crippen molar-refractivity contribution in [2.75, 3.05) is 0 Å². The number of amides is 1. The summed E-state index contributed by atoms with van der Waals surface area (Å²) in [6.45, 7) is 3.74. The minimum absolute atomic E-state index is 0.240. The molecule has 0 bridgehead atoms. The van der Waals surface area contributed by atoms with Crippen molar-refractivity contribution < 1.29 is 13.7 Å². The summed E-state index contributed by atoms with van der Waals surface area (Å²) < 4.78 is 17.6.